The zero-order valence-corrected chi connectivity index (χ0v) is 17.6. The SMILES string of the molecule is CC(C)(C)OC(=O)N1C2CCC1CN(S(=O)(=O)NC(=O)OCc1ccccc1)C2. The first-order valence-electron chi connectivity index (χ1n) is 9.55. The number of piperazine rings is 1. The summed E-state index contributed by atoms with van der Waals surface area (Å²) in [6.45, 7) is 5.56. The van der Waals surface area contributed by atoms with E-state index in [0.717, 1.165) is 5.56 Å². The van der Waals surface area contributed by atoms with Crippen molar-refractivity contribution in [3.8, 4) is 0 Å². The first-order chi connectivity index (χ1) is 13.5. The van der Waals surface area contributed by atoms with Crippen molar-refractivity contribution < 1.29 is 27.5 Å². The van der Waals surface area contributed by atoms with Gasteiger partial charge < -0.3 is 9.47 Å². The number of nitrogens with one attached hydrogen (secondary N) is 1. The molecule has 3 rings (SSSR count). The molecule has 0 aromatic heterocycles. The van der Waals surface area contributed by atoms with E-state index in [1.54, 1.807) is 49.9 Å². The third-order valence-corrected chi connectivity index (χ3v) is 6.22. The Balaban J connectivity index is 1.57. The summed E-state index contributed by atoms with van der Waals surface area (Å²) in [6.07, 6.45) is -0.0870. The summed E-state index contributed by atoms with van der Waals surface area (Å²) >= 11 is 0. The number of fused-ring (bicyclic) bond motifs is 2. The Morgan fingerprint density at radius 1 is 1.10 bits per heavy atom. The molecular formula is C19H27N3O6S. The van der Waals surface area contributed by atoms with Crippen molar-refractivity contribution in [1.82, 2.24) is 13.9 Å². The van der Waals surface area contributed by atoms with Gasteiger partial charge in [0.25, 0.3) is 0 Å². The highest BCUT2D eigenvalue weighted by Gasteiger charge is 2.47. The van der Waals surface area contributed by atoms with Gasteiger partial charge in [-0.15, -0.1) is 0 Å². The lowest BCUT2D eigenvalue weighted by atomic mass is 10.2. The highest BCUT2D eigenvalue weighted by Crippen LogP contribution is 2.32. The van der Waals surface area contributed by atoms with Crippen LogP contribution in [0.2, 0.25) is 0 Å². The second-order valence-electron chi connectivity index (χ2n) is 8.26. The minimum Gasteiger partial charge on any atom is -0.444 e. The summed E-state index contributed by atoms with van der Waals surface area (Å²) < 4.78 is 38.8. The summed E-state index contributed by atoms with van der Waals surface area (Å²) in [6, 6.07) is 8.42. The first-order valence-corrected chi connectivity index (χ1v) is 11.0. The highest BCUT2D eigenvalue weighted by atomic mass is 32.2. The maximum Gasteiger partial charge on any atom is 0.422 e. The van der Waals surface area contributed by atoms with Crippen molar-refractivity contribution in [1.29, 1.82) is 0 Å². The topological polar surface area (TPSA) is 105 Å². The summed E-state index contributed by atoms with van der Waals surface area (Å²) in [5.74, 6) is 0. The molecule has 0 radical (unpaired) electrons. The molecule has 0 saturated carbocycles. The van der Waals surface area contributed by atoms with Crippen LogP contribution < -0.4 is 4.72 Å². The molecule has 29 heavy (non-hydrogen) atoms. The molecule has 2 aliphatic rings. The molecule has 2 saturated heterocycles. The van der Waals surface area contributed by atoms with Crippen LogP contribution in [-0.4, -0.2) is 60.6 Å². The van der Waals surface area contributed by atoms with Crippen molar-refractivity contribution in [3.63, 3.8) is 0 Å². The Morgan fingerprint density at radius 2 is 1.69 bits per heavy atom. The second kappa shape index (κ2) is 8.19. The predicted octanol–water partition coefficient (Wildman–Crippen LogP) is 2.24. The Kier molecular flexibility index (Phi) is 6.04. The van der Waals surface area contributed by atoms with E-state index < -0.39 is 28.0 Å². The largest absolute Gasteiger partial charge is 0.444 e. The summed E-state index contributed by atoms with van der Waals surface area (Å²) in [5.41, 5.74) is 0.133. The molecule has 2 atom stereocenters. The summed E-state index contributed by atoms with van der Waals surface area (Å²) in [5, 5.41) is 0. The Morgan fingerprint density at radius 3 is 2.24 bits per heavy atom. The van der Waals surface area contributed by atoms with Gasteiger partial charge in [-0.05, 0) is 39.2 Å². The van der Waals surface area contributed by atoms with Crippen LogP contribution in [0.25, 0.3) is 0 Å². The standard InChI is InChI=1S/C19H27N3O6S/c1-19(2,3)28-18(24)22-15-9-10-16(22)12-21(11-15)29(25,26)20-17(23)27-13-14-7-5-4-6-8-14/h4-8,15-16H,9-13H2,1-3H3,(H,20,23). The molecule has 2 aliphatic heterocycles. The normalized spacial score (nSPS) is 22.2. The molecule has 10 heteroatoms. The molecule has 2 fully saturated rings. The molecular weight excluding hydrogens is 398 g/mol. The van der Waals surface area contributed by atoms with Crippen molar-refractivity contribution in [2.45, 2.75) is 57.9 Å². The fourth-order valence-corrected chi connectivity index (χ4v) is 4.73. The lowest BCUT2D eigenvalue weighted by Gasteiger charge is -2.40. The van der Waals surface area contributed by atoms with Gasteiger partial charge in [-0.25, -0.2) is 14.3 Å². The fourth-order valence-electron chi connectivity index (χ4n) is 3.60. The number of amides is 2. The van der Waals surface area contributed by atoms with Crippen molar-refractivity contribution in [3.05, 3.63) is 35.9 Å². The minimum atomic E-state index is -4.07. The van der Waals surface area contributed by atoms with Crippen LogP contribution >= 0.6 is 0 Å². The number of ether oxygens (including phenoxy) is 2. The molecule has 2 heterocycles. The third-order valence-electron chi connectivity index (χ3n) is 4.82. The maximum atomic E-state index is 12.6. The van der Waals surface area contributed by atoms with Crippen LogP contribution in [0.3, 0.4) is 0 Å². The van der Waals surface area contributed by atoms with Gasteiger partial charge in [0.05, 0.1) is 0 Å². The van der Waals surface area contributed by atoms with Gasteiger partial charge in [0.15, 0.2) is 0 Å². The Labute approximate surface area is 171 Å². The van der Waals surface area contributed by atoms with E-state index >= 15 is 0 Å². The predicted molar refractivity (Wildman–Crippen MR) is 105 cm³/mol. The molecule has 1 N–H and O–H groups in total. The van der Waals surface area contributed by atoms with Crippen LogP contribution in [-0.2, 0) is 26.3 Å². The number of rotatable bonds is 4. The van der Waals surface area contributed by atoms with E-state index in [1.165, 1.54) is 4.31 Å². The van der Waals surface area contributed by atoms with Crippen LogP contribution in [0.5, 0.6) is 0 Å². The van der Waals surface area contributed by atoms with E-state index in [-0.39, 0.29) is 31.8 Å². The van der Waals surface area contributed by atoms with Gasteiger partial charge in [-0.2, -0.15) is 12.7 Å². The van der Waals surface area contributed by atoms with Gasteiger partial charge in [-0.3, -0.25) is 4.90 Å². The van der Waals surface area contributed by atoms with Gasteiger partial charge in [0.1, 0.15) is 12.2 Å². The smallest absolute Gasteiger partial charge is 0.422 e. The van der Waals surface area contributed by atoms with E-state index in [0.29, 0.717) is 12.8 Å². The lowest BCUT2D eigenvalue weighted by molar-refractivity contribution is 0.00367. The monoisotopic (exact) mass is 425 g/mol. The second-order valence-corrected chi connectivity index (χ2v) is 9.93. The Bertz CT molecular complexity index is 838. The van der Waals surface area contributed by atoms with E-state index in [2.05, 4.69) is 0 Å². The van der Waals surface area contributed by atoms with Crippen molar-refractivity contribution in [2.24, 2.45) is 0 Å². The quantitative estimate of drug-likeness (QED) is 0.793. The van der Waals surface area contributed by atoms with Gasteiger partial charge in [0.2, 0.25) is 0 Å². The lowest BCUT2D eigenvalue weighted by Crippen LogP contribution is -2.59. The van der Waals surface area contributed by atoms with Gasteiger partial charge in [0, 0.05) is 25.2 Å². The number of nitrogens with zero attached hydrogens (tertiary/aromatic N) is 2. The van der Waals surface area contributed by atoms with Crippen LogP contribution in [0.15, 0.2) is 30.3 Å². The molecule has 2 unspecified atom stereocenters. The number of hydrogen-bond donors (Lipinski definition) is 1. The zero-order valence-electron chi connectivity index (χ0n) is 16.8. The molecule has 0 spiro atoms. The third kappa shape index (κ3) is 5.39. The van der Waals surface area contributed by atoms with Crippen LogP contribution in [0.1, 0.15) is 39.2 Å². The molecule has 0 aliphatic carbocycles. The number of carbonyl (C=O) groups excluding carboxylic acids is 2. The summed E-state index contributed by atoms with van der Waals surface area (Å²) in [4.78, 5) is 26.1. The molecule has 2 bridgehead atoms. The molecule has 160 valence electrons. The van der Waals surface area contributed by atoms with E-state index in [9.17, 15) is 18.0 Å². The first kappa shape index (κ1) is 21.4. The van der Waals surface area contributed by atoms with Crippen LogP contribution in [0.4, 0.5) is 9.59 Å². The molecule has 1 aromatic carbocycles. The average Bonchev–Trinajstić information content (AvgIpc) is 2.89. The molecule has 9 nitrogen and oxygen atoms in total. The number of benzene rings is 1. The van der Waals surface area contributed by atoms with Crippen LogP contribution in [0, 0.1) is 0 Å². The maximum absolute atomic E-state index is 12.6. The Hall–Kier alpha value is -2.33. The fraction of sp³-hybridized carbons (Fsp3) is 0.579. The van der Waals surface area contributed by atoms with Crippen molar-refractivity contribution >= 4 is 22.4 Å². The van der Waals surface area contributed by atoms with E-state index in [4.69, 9.17) is 9.47 Å². The highest BCUT2D eigenvalue weighted by molar-refractivity contribution is 7.87. The van der Waals surface area contributed by atoms with Gasteiger partial charge in [-0.1, -0.05) is 30.3 Å². The summed E-state index contributed by atoms with van der Waals surface area (Å²) in [7, 11) is -4.07. The molecule has 2 amide bonds. The average molecular weight is 426 g/mol. The van der Waals surface area contributed by atoms with Crippen molar-refractivity contribution in [2.75, 3.05) is 13.1 Å². The molecule has 1 aromatic rings. The number of hydrogen-bond acceptors (Lipinski definition) is 6. The minimum absolute atomic E-state index is 0.0279. The zero-order chi connectivity index (χ0) is 21.2. The van der Waals surface area contributed by atoms with Gasteiger partial charge >= 0.3 is 22.4 Å². The number of carbonyl (C=O) groups is 2. The van der Waals surface area contributed by atoms with E-state index in [1.807, 2.05) is 10.8 Å².